The van der Waals surface area contributed by atoms with Gasteiger partial charge in [0.1, 0.15) is 0 Å². The number of aliphatic hydroxyl groups excluding tert-OH is 1. The van der Waals surface area contributed by atoms with Crippen molar-refractivity contribution in [1.82, 2.24) is 5.32 Å². The van der Waals surface area contributed by atoms with Crippen LogP contribution < -0.4 is 5.32 Å². The maximum Gasteiger partial charge on any atom is 0.0433 e. The minimum atomic E-state index is 0. The molecule has 1 rings (SSSR count). The first kappa shape index (κ1) is 9.88. The quantitative estimate of drug-likeness (QED) is 0.555. The van der Waals surface area contributed by atoms with E-state index in [1.54, 1.807) is 0 Å². The second kappa shape index (κ2) is 5.65. The van der Waals surface area contributed by atoms with E-state index in [-0.39, 0.29) is 5.48 Å². The summed E-state index contributed by atoms with van der Waals surface area (Å²) in [7, 11) is 0. The minimum absolute atomic E-state index is 0. The molecule has 0 aromatic carbocycles. The number of piperidine rings is 1. The van der Waals surface area contributed by atoms with E-state index in [2.05, 4.69) is 5.32 Å². The number of aliphatic hydroxyl groups is 1. The molecule has 4 N–H and O–H groups in total. The summed E-state index contributed by atoms with van der Waals surface area (Å²) in [6.45, 7) is 2.65. The van der Waals surface area contributed by atoms with Crippen LogP contribution in [0.4, 0.5) is 0 Å². The van der Waals surface area contributed by atoms with Crippen molar-refractivity contribution in [2.45, 2.75) is 19.3 Å². The van der Waals surface area contributed by atoms with E-state index >= 15 is 0 Å². The Labute approximate surface area is 61.7 Å². The lowest BCUT2D eigenvalue weighted by Crippen LogP contribution is -2.28. The summed E-state index contributed by atoms with van der Waals surface area (Å²) < 4.78 is 0. The highest BCUT2D eigenvalue weighted by atomic mass is 16.3. The molecule has 1 fully saturated rings. The monoisotopic (exact) mass is 147 g/mol. The van der Waals surface area contributed by atoms with Crippen LogP contribution in [0.3, 0.4) is 0 Å². The zero-order valence-corrected chi connectivity index (χ0v) is 6.27. The first-order chi connectivity index (χ1) is 4.43. The molecule has 0 bridgehead atoms. The molecule has 0 saturated carbocycles. The van der Waals surface area contributed by atoms with Crippen LogP contribution in [-0.2, 0) is 0 Å². The van der Waals surface area contributed by atoms with E-state index < -0.39 is 0 Å². The fraction of sp³-hybridized carbons (Fsp3) is 1.00. The molecular formula is C7H17NO2. The standard InChI is InChI=1S/C7H15NO.H2O/c9-6-3-7-1-4-8-5-2-7;/h7-9H,1-6H2;1H2. The van der Waals surface area contributed by atoms with Crippen molar-refractivity contribution in [3.05, 3.63) is 0 Å². The molecule has 1 heterocycles. The molecule has 1 aliphatic rings. The van der Waals surface area contributed by atoms with E-state index in [4.69, 9.17) is 5.11 Å². The van der Waals surface area contributed by atoms with Gasteiger partial charge in [-0.3, -0.25) is 0 Å². The van der Waals surface area contributed by atoms with Gasteiger partial charge in [-0.25, -0.2) is 0 Å². The highest BCUT2D eigenvalue weighted by Gasteiger charge is 2.10. The van der Waals surface area contributed by atoms with Gasteiger partial charge in [0.2, 0.25) is 0 Å². The van der Waals surface area contributed by atoms with Crippen molar-refractivity contribution in [3.8, 4) is 0 Å². The molecule has 1 saturated heterocycles. The van der Waals surface area contributed by atoms with Crippen LogP contribution >= 0.6 is 0 Å². The summed E-state index contributed by atoms with van der Waals surface area (Å²) in [5.41, 5.74) is 0. The largest absolute Gasteiger partial charge is 0.412 e. The lowest BCUT2D eigenvalue weighted by molar-refractivity contribution is 0.235. The molecule has 0 spiro atoms. The third-order valence-corrected chi connectivity index (χ3v) is 2.00. The molecule has 10 heavy (non-hydrogen) atoms. The minimum Gasteiger partial charge on any atom is -0.412 e. The SMILES string of the molecule is O.OCCC1CCNCC1. The Morgan fingerprint density at radius 3 is 2.40 bits per heavy atom. The van der Waals surface area contributed by atoms with Crippen LogP contribution in [0.5, 0.6) is 0 Å². The van der Waals surface area contributed by atoms with E-state index in [9.17, 15) is 0 Å². The van der Waals surface area contributed by atoms with Crippen molar-refractivity contribution in [1.29, 1.82) is 0 Å². The van der Waals surface area contributed by atoms with Crippen molar-refractivity contribution in [3.63, 3.8) is 0 Å². The van der Waals surface area contributed by atoms with Gasteiger partial charge in [-0.15, -0.1) is 0 Å². The Morgan fingerprint density at radius 1 is 1.30 bits per heavy atom. The predicted molar refractivity (Wildman–Crippen MR) is 40.9 cm³/mol. The molecule has 0 aromatic rings. The molecule has 0 atom stereocenters. The average Bonchev–Trinajstić information content (AvgIpc) is 1.91. The molecular weight excluding hydrogens is 130 g/mol. The number of nitrogens with one attached hydrogen (secondary N) is 1. The first-order valence-electron chi connectivity index (χ1n) is 3.75. The van der Waals surface area contributed by atoms with Gasteiger partial charge in [0, 0.05) is 6.61 Å². The summed E-state index contributed by atoms with van der Waals surface area (Å²) in [5.74, 6) is 0.788. The van der Waals surface area contributed by atoms with Gasteiger partial charge in [0.25, 0.3) is 0 Å². The summed E-state index contributed by atoms with van der Waals surface area (Å²) >= 11 is 0. The van der Waals surface area contributed by atoms with Gasteiger partial charge >= 0.3 is 0 Å². The van der Waals surface area contributed by atoms with Gasteiger partial charge in [-0.2, -0.15) is 0 Å². The van der Waals surface area contributed by atoms with E-state index in [0.717, 1.165) is 25.4 Å². The van der Waals surface area contributed by atoms with Crippen LogP contribution in [0, 0.1) is 5.92 Å². The Bertz CT molecular complexity index is 69.3. The topological polar surface area (TPSA) is 63.8 Å². The molecule has 0 aliphatic carbocycles. The zero-order chi connectivity index (χ0) is 6.53. The van der Waals surface area contributed by atoms with Crippen LogP contribution in [0.2, 0.25) is 0 Å². The molecule has 3 heteroatoms. The van der Waals surface area contributed by atoms with Crippen molar-refractivity contribution in [2.24, 2.45) is 5.92 Å². The highest BCUT2D eigenvalue weighted by Crippen LogP contribution is 2.14. The summed E-state index contributed by atoms with van der Waals surface area (Å²) in [4.78, 5) is 0. The normalized spacial score (nSPS) is 20.1. The van der Waals surface area contributed by atoms with E-state index in [0.29, 0.717) is 6.61 Å². The second-order valence-corrected chi connectivity index (χ2v) is 2.71. The maximum absolute atomic E-state index is 8.60. The molecule has 62 valence electrons. The number of hydrogen-bond acceptors (Lipinski definition) is 2. The van der Waals surface area contributed by atoms with E-state index in [1.165, 1.54) is 12.8 Å². The van der Waals surface area contributed by atoms with Gasteiger partial charge in [0.15, 0.2) is 0 Å². The maximum atomic E-state index is 8.60. The van der Waals surface area contributed by atoms with Gasteiger partial charge < -0.3 is 15.9 Å². The Morgan fingerprint density at radius 2 is 1.90 bits per heavy atom. The third kappa shape index (κ3) is 3.15. The summed E-state index contributed by atoms with van der Waals surface area (Å²) in [6, 6.07) is 0. The smallest absolute Gasteiger partial charge is 0.0433 e. The molecule has 0 radical (unpaired) electrons. The van der Waals surface area contributed by atoms with Crippen molar-refractivity contribution in [2.75, 3.05) is 19.7 Å². The number of hydrogen-bond donors (Lipinski definition) is 2. The van der Waals surface area contributed by atoms with Gasteiger partial charge in [-0.05, 0) is 38.3 Å². The molecule has 1 aliphatic heterocycles. The lowest BCUT2D eigenvalue weighted by atomic mass is 9.95. The molecule has 3 nitrogen and oxygen atoms in total. The summed E-state index contributed by atoms with van der Waals surface area (Å²) in [6.07, 6.45) is 3.50. The van der Waals surface area contributed by atoms with Gasteiger partial charge in [-0.1, -0.05) is 0 Å². The third-order valence-electron chi connectivity index (χ3n) is 2.00. The van der Waals surface area contributed by atoms with Crippen LogP contribution in [0.15, 0.2) is 0 Å². The van der Waals surface area contributed by atoms with Crippen LogP contribution in [0.25, 0.3) is 0 Å². The van der Waals surface area contributed by atoms with E-state index in [1.807, 2.05) is 0 Å². The predicted octanol–water partition coefficient (Wildman–Crippen LogP) is -0.456. The molecule has 0 aromatic heterocycles. The number of rotatable bonds is 2. The highest BCUT2D eigenvalue weighted by molar-refractivity contribution is 4.67. The zero-order valence-electron chi connectivity index (χ0n) is 6.27. The van der Waals surface area contributed by atoms with Crippen LogP contribution in [0.1, 0.15) is 19.3 Å². The van der Waals surface area contributed by atoms with Crippen LogP contribution in [-0.4, -0.2) is 30.3 Å². The fourth-order valence-electron chi connectivity index (χ4n) is 1.35. The Kier molecular flexibility index (Phi) is 5.58. The first-order valence-corrected chi connectivity index (χ1v) is 3.75. The van der Waals surface area contributed by atoms with Crippen molar-refractivity contribution >= 4 is 0 Å². The average molecular weight is 147 g/mol. The Hall–Kier alpha value is -0.120. The lowest BCUT2D eigenvalue weighted by Gasteiger charge is -2.21. The molecule has 0 unspecified atom stereocenters. The van der Waals surface area contributed by atoms with Gasteiger partial charge in [0.05, 0.1) is 0 Å². The molecule has 0 amide bonds. The van der Waals surface area contributed by atoms with Crippen molar-refractivity contribution < 1.29 is 10.6 Å². The second-order valence-electron chi connectivity index (χ2n) is 2.71. The fourth-order valence-corrected chi connectivity index (χ4v) is 1.35. The Balaban J connectivity index is 0.000000810. The summed E-state index contributed by atoms with van der Waals surface area (Å²) in [5, 5.41) is 11.9.